The van der Waals surface area contributed by atoms with Crippen LogP contribution in [0.5, 0.6) is 0 Å². The molecule has 1 fully saturated rings. The zero-order chi connectivity index (χ0) is 23.6. The predicted molar refractivity (Wildman–Crippen MR) is 123 cm³/mol. The van der Waals surface area contributed by atoms with E-state index in [4.69, 9.17) is 4.74 Å². The van der Waals surface area contributed by atoms with Gasteiger partial charge in [0.1, 0.15) is 11.2 Å². The van der Waals surface area contributed by atoms with Crippen LogP contribution in [0.25, 0.3) is 0 Å². The first-order valence-electron chi connectivity index (χ1n) is 11.8. The molecule has 0 unspecified atom stereocenters. The second kappa shape index (κ2) is 9.37. The molecule has 8 nitrogen and oxygen atoms in total. The molecule has 4 rings (SSSR count). The van der Waals surface area contributed by atoms with E-state index >= 15 is 0 Å². The maximum Gasteiger partial charge on any atom is 0.358 e. The van der Waals surface area contributed by atoms with E-state index in [0.717, 1.165) is 36.8 Å². The second-order valence-corrected chi connectivity index (χ2v) is 9.25. The Balaban J connectivity index is 1.68. The summed E-state index contributed by atoms with van der Waals surface area (Å²) in [6, 6.07) is 9.50. The van der Waals surface area contributed by atoms with Crippen molar-refractivity contribution in [2.75, 3.05) is 6.61 Å². The summed E-state index contributed by atoms with van der Waals surface area (Å²) in [6.45, 7) is 6.18. The highest BCUT2D eigenvalue weighted by Gasteiger charge is 2.48. The van der Waals surface area contributed by atoms with Gasteiger partial charge in [0.25, 0.3) is 5.91 Å². The van der Waals surface area contributed by atoms with Crippen molar-refractivity contribution in [1.82, 2.24) is 20.0 Å². The summed E-state index contributed by atoms with van der Waals surface area (Å²) < 4.78 is 6.53. The maximum absolute atomic E-state index is 13.6. The maximum atomic E-state index is 13.6. The van der Waals surface area contributed by atoms with Gasteiger partial charge in [-0.25, -0.2) is 4.79 Å². The SMILES string of the molecule is CCOC(=O)c1cc2n(n1)C[C@](C)(C(=O)NC1CCCCC1)N(Cc1ccc(C)cc1)C2=O. The first kappa shape index (κ1) is 23.0. The summed E-state index contributed by atoms with van der Waals surface area (Å²) in [4.78, 5) is 41.1. The van der Waals surface area contributed by atoms with Crippen LogP contribution in [0, 0.1) is 6.92 Å². The van der Waals surface area contributed by atoms with Gasteiger partial charge in [0.05, 0.1) is 13.2 Å². The van der Waals surface area contributed by atoms with Gasteiger partial charge < -0.3 is 15.0 Å². The van der Waals surface area contributed by atoms with Crippen LogP contribution >= 0.6 is 0 Å². The van der Waals surface area contributed by atoms with E-state index in [0.29, 0.717) is 0 Å². The van der Waals surface area contributed by atoms with Gasteiger partial charge in [-0.3, -0.25) is 14.3 Å². The molecule has 1 N–H and O–H groups in total. The molecule has 0 saturated heterocycles. The number of aryl methyl sites for hydroxylation is 1. The minimum absolute atomic E-state index is 0.0763. The van der Waals surface area contributed by atoms with Crippen LogP contribution in [0.4, 0.5) is 0 Å². The molecule has 1 aromatic heterocycles. The lowest BCUT2D eigenvalue weighted by atomic mass is 9.91. The van der Waals surface area contributed by atoms with Gasteiger partial charge >= 0.3 is 5.97 Å². The Kier molecular flexibility index (Phi) is 6.54. The third kappa shape index (κ3) is 4.65. The molecule has 0 bridgehead atoms. The van der Waals surface area contributed by atoms with Gasteiger partial charge in [-0.1, -0.05) is 49.1 Å². The van der Waals surface area contributed by atoms with Crippen LogP contribution in [-0.4, -0.2) is 50.7 Å². The normalized spacial score (nSPS) is 20.9. The average Bonchev–Trinajstić information content (AvgIpc) is 3.23. The number of hydrogen-bond donors (Lipinski definition) is 1. The fraction of sp³-hybridized carbons (Fsp3) is 0.520. The number of nitrogens with zero attached hydrogens (tertiary/aromatic N) is 3. The highest BCUT2D eigenvalue weighted by molar-refractivity contribution is 6.01. The number of benzene rings is 1. The summed E-state index contributed by atoms with van der Waals surface area (Å²) in [5.74, 6) is -1.09. The largest absolute Gasteiger partial charge is 0.461 e. The topological polar surface area (TPSA) is 93.5 Å². The number of rotatable bonds is 6. The standard InChI is InChI=1S/C25H32N4O4/c1-4-33-23(31)20-14-21-22(30)28(15-18-12-10-17(2)11-13-18)25(3,16-29(21)27-20)24(32)26-19-8-6-5-7-9-19/h10-14,19H,4-9,15-16H2,1-3H3,(H,26,32)/t25-/m1/s1. The number of nitrogens with one attached hydrogen (secondary N) is 1. The lowest BCUT2D eigenvalue weighted by Crippen LogP contribution is -2.64. The number of aromatic nitrogens is 2. The molecule has 1 aliphatic carbocycles. The monoisotopic (exact) mass is 452 g/mol. The number of ether oxygens (including phenoxy) is 1. The molecule has 0 spiro atoms. The van der Waals surface area contributed by atoms with Gasteiger partial charge in [0.2, 0.25) is 5.91 Å². The van der Waals surface area contributed by atoms with Gasteiger partial charge in [-0.2, -0.15) is 5.10 Å². The first-order valence-corrected chi connectivity index (χ1v) is 11.8. The fourth-order valence-electron chi connectivity index (χ4n) is 4.66. The fourth-order valence-corrected chi connectivity index (χ4v) is 4.66. The summed E-state index contributed by atoms with van der Waals surface area (Å²) in [7, 11) is 0. The quantitative estimate of drug-likeness (QED) is 0.679. The Bertz CT molecular complexity index is 1040. The van der Waals surface area contributed by atoms with E-state index in [1.807, 2.05) is 31.2 Å². The Morgan fingerprint density at radius 3 is 2.55 bits per heavy atom. The molecule has 1 atom stereocenters. The number of esters is 1. The molecule has 176 valence electrons. The predicted octanol–water partition coefficient (Wildman–Crippen LogP) is 3.23. The van der Waals surface area contributed by atoms with E-state index in [2.05, 4.69) is 10.4 Å². The molecular weight excluding hydrogens is 420 g/mol. The minimum Gasteiger partial charge on any atom is -0.461 e. The van der Waals surface area contributed by atoms with Crippen molar-refractivity contribution in [3.05, 3.63) is 52.8 Å². The van der Waals surface area contributed by atoms with E-state index in [1.54, 1.807) is 18.7 Å². The van der Waals surface area contributed by atoms with E-state index in [9.17, 15) is 14.4 Å². The minimum atomic E-state index is -1.15. The zero-order valence-corrected chi connectivity index (χ0v) is 19.6. The Morgan fingerprint density at radius 1 is 1.18 bits per heavy atom. The summed E-state index contributed by atoms with van der Waals surface area (Å²) >= 11 is 0. The van der Waals surface area contributed by atoms with Crippen molar-refractivity contribution in [2.24, 2.45) is 0 Å². The summed E-state index contributed by atoms with van der Waals surface area (Å²) in [5, 5.41) is 7.50. The van der Waals surface area contributed by atoms with Crippen LogP contribution in [0.2, 0.25) is 0 Å². The van der Waals surface area contributed by atoms with Crippen LogP contribution in [0.15, 0.2) is 30.3 Å². The highest BCUT2D eigenvalue weighted by Crippen LogP contribution is 2.30. The zero-order valence-electron chi connectivity index (χ0n) is 19.6. The van der Waals surface area contributed by atoms with Crippen LogP contribution in [0.1, 0.15) is 78.1 Å². The Hall–Kier alpha value is -3.16. The van der Waals surface area contributed by atoms with Gasteiger partial charge in [-0.15, -0.1) is 0 Å². The summed E-state index contributed by atoms with van der Waals surface area (Å²) in [6.07, 6.45) is 5.29. The van der Waals surface area contributed by atoms with Crippen molar-refractivity contribution in [3.63, 3.8) is 0 Å². The van der Waals surface area contributed by atoms with Crippen molar-refractivity contribution in [1.29, 1.82) is 0 Å². The smallest absolute Gasteiger partial charge is 0.358 e. The lowest BCUT2D eigenvalue weighted by molar-refractivity contribution is -0.134. The molecule has 1 aromatic carbocycles. The number of carbonyl (C=O) groups excluding carboxylic acids is 3. The third-order valence-electron chi connectivity index (χ3n) is 6.67. The van der Waals surface area contributed by atoms with Gasteiger partial charge in [-0.05, 0) is 39.2 Å². The second-order valence-electron chi connectivity index (χ2n) is 9.25. The lowest BCUT2D eigenvalue weighted by Gasteiger charge is -2.44. The van der Waals surface area contributed by atoms with E-state index in [1.165, 1.54) is 17.2 Å². The third-order valence-corrected chi connectivity index (χ3v) is 6.67. The molecule has 2 aliphatic rings. The molecule has 1 saturated carbocycles. The molecule has 2 heterocycles. The molecule has 1 aliphatic heterocycles. The van der Waals surface area contributed by atoms with Gasteiger partial charge in [0, 0.05) is 18.7 Å². The summed E-state index contributed by atoms with van der Waals surface area (Å²) in [5.41, 5.74) is 1.27. The molecule has 8 heteroatoms. The number of amides is 2. The van der Waals surface area contributed by atoms with Crippen molar-refractivity contribution in [3.8, 4) is 0 Å². The molecule has 2 amide bonds. The average molecular weight is 453 g/mol. The molecule has 33 heavy (non-hydrogen) atoms. The van der Waals surface area contributed by atoms with Crippen LogP contribution in [-0.2, 0) is 22.6 Å². The number of hydrogen-bond acceptors (Lipinski definition) is 5. The van der Waals surface area contributed by atoms with Gasteiger partial charge in [0.15, 0.2) is 5.69 Å². The molecular formula is C25H32N4O4. The van der Waals surface area contributed by atoms with Crippen LogP contribution in [0.3, 0.4) is 0 Å². The van der Waals surface area contributed by atoms with Crippen molar-refractivity contribution < 1.29 is 19.1 Å². The van der Waals surface area contributed by atoms with E-state index < -0.39 is 11.5 Å². The Morgan fingerprint density at radius 2 is 1.88 bits per heavy atom. The molecule has 2 aromatic rings. The number of carbonyl (C=O) groups is 3. The molecule has 0 radical (unpaired) electrons. The number of fused-ring (bicyclic) bond motifs is 1. The van der Waals surface area contributed by atoms with Crippen molar-refractivity contribution >= 4 is 17.8 Å². The van der Waals surface area contributed by atoms with Crippen LogP contribution < -0.4 is 5.32 Å². The van der Waals surface area contributed by atoms with Crippen molar-refractivity contribution in [2.45, 2.75) is 77.5 Å². The van der Waals surface area contributed by atoms with E-state index in [-0.39, 0.29) is 48.9 Å². The Labute approximate surface area is 194 Å². The first-order chi connectivity index (χ1) is 15.8. The highest BCUT2D eigenvalue weighted by atomic mass is 16.5.